The van der Waals surface area contributed by atoms with Gasteiger partial charge in [0.25, 0.3) is 5.56 Å². The lowest BCUT2D eigenvalue weighted by atomic mass is 10.2. The number of rotatable bonds is 12. The third-order valence-electron chi connectivity index (χ3n) is 5.77. The number of aromatic nitrogens is 3. The number of nitrogens with zero attached hydrogens (tertiary/aromatic N) is 6. The third-order valence-corrected chi connectivity index (χ3v) is 5.77. The van der Waals surface area contributed by atoms with Gasteiger partial charge in [-0.15, -0.1) is 0 Å². The fourth-order valence-electron chi connectivity index (χ4n) is 3.72. The van der Waals surface area contributed by atoms with Gasteiger partial charge in [0.05, 0.1) is 37.3 Å². The van der Waals surface area contributed by atoms with Crippen molar-refractivity contribution < 1.29 is 14.3 Å². The Morgan fingerprint density at radius 3 is 2.61 bits per heavy atom. The Morgan fingerprint density at radius 1 is 1.21 bits per heavy atom. The smallest absolute Gasteiger partial charge is 0.270 e. The Kier molecular flexibility index (Phi) is 9.37. The van der Waals surface area contributed by atoms with Crippen LogP contribution in [0.15, 0.2) is 41.8 Å². The molecule has 0 atom stereocenters. The number of carbonyl (C=O) groups is 1. The summed E-state index contributed by atoms with van der Waals surface area (Å²) in [4.78, 5) is 38.0. The van der Waals surface area contributed by atoms with Crippen LogP contribution in [-0.4, -0.2) is 80.4 Å². The van der Waals surface area contributed by atoms with Crippen LogP contribution < -0.4 is 25.8 Å². The number of anilines is 4. The van der Waals surface area contributed by atoms with Gasteiger partial charge >= 0.3 is 0 Å². The van der Waals surface area contributed by atoms with Crippen molar-refractivity contribution in [3.05, 3.63) is 53.0 Å². The van der Waals surface area contributed by atoms with Crippen LogP contribution in [0.5, 0.6) is 5.75 Å². The van der Waals surface area contributed by atoms with Gasteiger partial charge in [0.2, 0.25) is 11.9 Å². The number of pyridine rings is 1. The molecule has 0 aliphatic heterocycles. The number of nitriles is 1. The van der Waals surface area contributed by atoms with Gasteiger partial charge in [0, 0.05) is 44.9 Å². The van der Waals surface area contributed by atoms with Gasteiger partial charge in [-0.1, -0.05) is 6.58 Å². The monoisotopic (exact) mass is 520 g/mol. The van der Waals surface area contributed by atoms with Gasteiger partial charge < -0.3 is 29.9 Å². The third kappa shape index (κ3) is 6.44. The Labute approximate surface area is 221 Å². The lowest BCUT2D eigenvalue weighted by Crippen LogP contribution is -2.29. The largest absolute Gasteiger partial charge is 0.494 e. The summed E-state index contributed by atoms with van der Waals surface area (Å²) in [5.74, 6) is 0.329. The minimum Gasteiger partial charge on any atom is -0.494 e. The molecular weight excluding hydrogens is 488 g/mol. The van der Waals surface area contributed by atoms with Crippen molar-refractivity contribution in [3.8, 4) is 11.8 Å². The van der Waals surface area contributed by atoms with Gasteiger partial charge in [-0.2, -0.15) is 10.2 Å². The zero-order valence-corrected chi connectivity index (χ0v) is 22.2. The van der Waals surface area contributed by atoms with E-state index in [9.17, 15) is 14.9 Å². The molecule has 2 N–H and O–H groups in total. The van der Waals surface area contributed by atoms with Crippen LogP contribution in [0.1, 0.15) is 5.56 Å². The zero-order chi connectivity index (χ0) is 27.8. The number of carbonyl (C=O) groups excluding carboxylic acids is 1. The van der Waals surface area contributed by atoms with Crippen LogP contribution in [-0.2, 0) is 16.1 Å². The van der Waals surface area contributed by atoms with E-state index in [-0.39, 0.29) is 30.6 Å². The molecule has 200 valence electrons. The average molecular weight is 521 g/mol. The van der Waals surface area contributed by atoms with Crippen molar-refractivity contribution in [2.24, 2.45) is 0 Å². The van der Waals surface area contributed by atoms with E-state index >= 15 is 0 Å². The summed E-state index contributed by atoms with van der Waals surface area (Å²) in [7, 11) is 8.97. The molecule has 38 heavy (non-hydrogen) atoms. The Bertz CT molecular complexity index is 1430. The minimum atomic E-state index is -0.459. The molecule has 1 amide bonds. The second-order valence-corrected chi connectivity index (χ2v) is 8.70. The predicted molar refractivity (Wildman–Crippen MR) is 147 cm³/mol. The molecule has 3 aromatic rings. The van der Waals surface area contributed by atoms with E-state index in [1.165, 1.54) is 30.0 Å². The SMILES string of the molecule is C=CC(=O)Nc1cc(Nc2ncc3cc(C#N)c(=O)n(CCOC)c3n2)c(OC)cc1N(C)CCN(C)C. The molecular formula is C26H32N8O4. The summed E-state index contributed by atoms with van der Waals surface area (Å²) >= 11 is 0. The van der Waals surface area contributed by atoms with E-state index in [1.54, 1.807) is 13.2 Å². The average Bonchev–Trinajstić information content (AvgIpc) is 2.91. The number of hydrogen-bond acceptors (Lipinski definition) is 10. The molecule has 0 aliphatic carbocycles. The summed E-state index contributed by atoms with van der Waals surface area (Å²) in [6.07, 6.45) is 2.73. The lowest BCUT2D eigenvalue weighted by Gasteiger charge is -2.26. The minimum absolute atomic E-state index is 0.00356. The Hall–Kier alpha value is -4.47. The standard InChI is InChI=1S/C26H32N8O4/c1-7-23(35)29-19-13-20(22(38-6)14-21(19)33(4)9-8-32(2)3)30-26-28-16-18-12-17(15-27)25(36)34(10-11-37-5)24(18)31-26/h7,12-14,16H,1,8-11H2,2-6H3,(H,29,35)(H,28,30,31). The van der Waals surface area contributed by atoms with Gasteiger partial charge in [0.1, 0.15) is 23.0 Å². The van der Waals surface area contributed by atoms with E-state index < -0.39 is 5.56 Å². The number of nitrogens with one attached hydrogen (secondary N) is 2. The molecule has 0 saturated carbocycles. The highest BCUT2D eigenvalue weighted by molar-refractivity contribution is 6.02. The fourth-order valence-corrected chi connectivity index (χ4v) is 3.72. The topological polar surface area (TPSA) is 138 Å². The number of benzene rings is 1. The van der Waals surface area contributed by atoms with Crippen LogP contribution in [0.3, 0.4) is 0 Å². The number of fused-ring (bicyclic) bond motifs is 1. The highest BCUT2D eigenvalue weighted by Crippen LogP contribution is 2.38. The van der Waals surface area contributed by atoms with Crippen molar-refractivity contribution in [3.63, 3.8) is 0 Å². The molecule has 0 saturated heterocycles. The van der Waals surface area contributed by atoms with Crippen LogP contribution in [0, 0.1) is 11.3 Å². The fraction of sp³-hybridized carbons (Fsp3) is 0.346. The number of hydrogen-bond donors (Lipinski definition) is 2. The van der Waals surface area contributed by atoms with E-state index in [0.717, 1.165) is 12.2 Å². The van der Waals surface area contributed by atoms with Crippen LogP contribution in [0.25, 0.3) is 11.0 Å². The first kappa shape index (κ1) is 28.1. The molecule has 12 heteroatoms. The zero-order valence-electron chi connectivity index (χ0n) is 22.2. The van der Waals surface area contributed by atoms with E-state index in [2.05, 4.69) is 32.1 Å². The normalized spacial score (nSPS) is 10.8. The summed E-state index contributed by atoms with van der Waals surface area (Å²) < 4.78 is 12.2. The molecule has 0 radical (unpaired) electrons. The van der Waals surface area contributed by atoms with Gasteiger partial charge in [0.15, 0.2) is 0 Å². The predicted octanol–water partition coefficient (Wildman–Crippen LogP) is 2.18. The first-order valence-electron chi connectivity index (χ1n) is 11.8. The van der Waals surface area contributed by atoms with Crippen molar-refractivity contribution in [2.45, 2.75) is 6.54 Å². The van der Waals surface area contributed by atoms with Gasteiger partial charge in [-0.05, 0) is 32.3 Å². The van der Waals surface area contributed by atoms with Crippen molar-refractivity contribution >= 4 is 40.0 Å². The maximum absolute atomic E-state index is 12.8. The van der Waals surface area contributed by atoms with Crippen LogP contribution in [0.4, 0.5) is 23.0 Å². The number of ether oxygens (including phenoxy) is 2. The molecule has 0 fully saturated rings. The quantitative estimate of drug-likeness (QED) is 0.342. The maximum atomic E-state index is 12.8. The number of likely N-dealkylation sites (N-methyl/N-ethyl adjacent to an activating group) is 2. The number of amides is 1. The maximum Gasteiger partial charge on any atom is 0.270 e. The molecule has 12 nitrogen and oxygen atoms in total. The van der Waals surface area contributed by atoms with Gasteiger partial charge in [-0.25, -0.2) is 4.98 Å². The summed E-state index contributed by atoms with van der Waals surface area (Å²) in [6, 6.07) is 6.92. The molecule has 0 spiro atoms. The highest BCUT2D eigenvalue weighted by atomic mass is 16.5. The first-order chi connectivity index (χ1) is 18.2. The van der Waals surface area contributed by atoms with E-state index in [1.807, 2.05) is 38.2 Å². The van der Waals surface area contributed by atoms with Gasteiger partial charge in [-0.3, -0.25) is 14.2 Å². The molecule has 1 aromatic carbocycles. The van der Waals surface area contributed by atoms with E-state index in [0.29, 0.717) is 34.7 Å². The summed E-state index contributed by atoms with van der Waals surface area (Å²) in [5.41, 5.74) is 1.67. The van der Waals surface area contributed by atoms with Crippen LogP contribution >= 0.6 is 0 Å². The van der Waals surface area contributed by atoms with Crippen molar-refractivity contribution in [2.75, 3.05) is 70.6 Å². The molecule has 0 unspecified atom stereocenters. The molecule has 2 aromatic heterocycles. The second-order valence-electron chi connectivity index (χ2n) is 8.70. The lowest BCUT2D eigenvalue weighted by molar-refractivity contribution is -0.111. The van der Waals surface area contributed by atoms with E-state index in [4.69, 9.17) is 9.47 Å². The second kappa shape index (κ2) is 12.7. The Balaban J connectivity index is 2.08. The molecule has 0 bridgehead atoms. The Morgan fingerprint density at radius 2 is 1.97 bits per heavy atom. The summed E-state index contributed by atoms with van der Waals surface area (Å²) in [6.45, 7) is 5.53. The number of methoxy groups -OCH3 is 2. The van der Waals surface area contributed by atoms with Crippen LogP contribution in [0.2, 0.25) is 0 Å². The molecule has 0 aliphatic rings. The summed E-state index contributed by atoms with van der Waals surface area (Å²) in [5, 5.41) is 15.9. The van der Waals surface area contributed by atoms with Crippen molar-refractivity contribution in [1.82, 2.24) is 19.4 Å². The first-order valence-corrected chi connectivity index (χ1v) is 11.8. The molecule has 3 rings (SSSR count). The highest BCUT2D eigenvalue weighted by Gasteiger charge is 2.17. The molecule has 2 heterocycles. The van der Waals surface area contributed by atoms with Crippen molar-refractivity contribution in [1.29, 1.82) is 5.26 Å².